The number of hydrogen-bond donors (Lipinski definition) is 0. The van der Waals surface area contributed by atoms with E-state index in [2.05, 4.69) is 0 Å². The van der Waals surface area contributed by atoms with Crippen molar-refractivity contribution in [2.45, 2.75) is 19.9 Å². The molecular formula is C17H17F2NO. The fraction of sp³-hybridized carbons (Fsp3) is 0.235. The van der Waals surface area contributed by atoms with Gasteiger partial charge in [-0.15, -0.1) is 0 Å². The van der Waals surface area contributed by atoms with Gasteiger partial charge in [0, 0.05) is 12.6 Å². The molecule has 1 unspecified atom stereocenters. The molecule has 0 bridgehead atoms. The Labute approximate surface area is 123 Å². The van der Waals surface area contributed by atoms with Gasteiger partial charge >= 0.3 is 0 Å². The van der Waals surface area contributed by atoms with Crippen molar-refractivity contribution in [2.24, 2.45) is 0 Å². The SMILES string of the molecule is Cc1cccc(C(=O)N(C)C(C)c2ccccc2F)c1F. The molecule has 2 nitrogen and oxygen atoms in total. The summed E-state index contributed by atoms with van der Waals surface area (Å²) in [4.78, 5) is 13.8. The van der Waals surface area contributed by atoms with Gasteiger partial charge in [0.15, 0.2) is 0 Å². The highest BCUT2D eigenvalue weighted by Crippen LogP contribution is 2.24. The summed E-state index contributed by atoms with van der Waals surface area (Å²) in [7, 11) is 1.54. The molecule has 0 heterocycles. The highest BCUT2D eigenvalue weighted by Gasteiger charge is 2.23. The summed E-state index contributed by atoms with van der Waals surface area (Å²) in [6.07, 6.45) is 0. The second kappa shape index (κ2) is 6.04. The standard InChI is InChI=1S/C17H17F2NO/c1-11-7-6-9-14(16(11)19)17(21)20(3)12(2)13-8-4-5-10-15(13)18/h4-10,12H,1-3H3. The normalized spacial score (nSPS) is 12.0. The smallest absolute Gasteiger partial charge is 0.257 e. The third-order valence-corrected chi connectivity index (χ3v) is 3.68. The van der Waals surface area contributed by atoms with Gasteiger partial charge in [-0.1, -0.05) is 30.3 Å². The minimum absolute atomic E-state index is 0.000638. The predicted octanol–water partition coefficient (Wildman–Crippen LogP) is 4.11. The molecule has 4 heteroatoms. The monoisotopic (exact) mass is 289 g/mol. The maximum atomic E-state index is 14.0. The molecule has 21 heavy (non-hydrogen) atoms. The van der Waals surface area contributed by atoms with Crippen molar-refractivity contribution in [1.29, 1.82) is 0 Å². The molecule has 0 aromatic heterocycles. The Morgan fingerprint density at radius 2 is 1.76 bits per heavy atom. The Balaban J connectivity index is 2.31. The summed E-state index contributed by atoms with van der Waals surface area (Å²) >= 11 is 0. The van der Waals surface area contributed by atoms with Crippen molar-refractivity contribution in [2.75, 3.05) is 7.05 Å². The summed E-state index contributed by atoms with van der Waals surface area (Å²) in [6.45, 7) is 3.32. The fourth-order valence-electron chi connectivity index (χ4n) is 2.20. The van der Waals surface area contributed by atoms with Crippen molar-refractivity contribution < 1.29 is 13.6 Å². The number of amides is 1. The lowest BCUT2D eigenvalue weighted by Crippen LogP contribution is -2.31. The van der Waals surface area contributed by atoms with Gasteiger partial charge in [0.05, 0.1) is 11.6 Å². The Morgan fingerprint density at radius 3 is 2.43 bits per heavy atom. The third kappa shape index (κ3) is 2.94. The molecule has 110 valence electrons. The zero-order valence-corrected chi connectivity index (χ0v) is 12.2. The topological polar surface area (TPSA) is 20.3 Å². The average Bonchev–Trinajstić information content (AvgIpc) is 2.48. The van der Waals surface area contributed by atoms with E-state index in [0.717, 1.165) is 0 Å². The molecule has 1 amide bonds. The van der Waals surface area contributed by atoms with Gasteiger partial charge in [-0.2, -0.15) is 0 Å². The summed E-state index contributed by atoms with van der Waals surface area (Å²) in [6, 6.07) is 10.5. The molecular weight excluding hydrogens is 272 g/mol. The number of hydrogen-bond acceptors (Lipinski definition) is 1. The molecule has 2 aromatic rings. The van der Waals surface area contributed by atoms with E-state index < -0.39 is 17.8 Å². The van der Waals surface area contributed by atoms with Crippen LogP contribution in [-0.4, -0.2) is 17.9 Å². The van der Waals surface area contributed by atoms with E-state index in [-0.39, 0.29) is 11.4 Å². The molecule has 2 rings (SSSR count). The predicted molar refractivity (Wildman–Crippen MR) is 78.0 cm³/mol. The van der Waals surface area contributed by atoms with E-state index in [9.17, 15) is 13.6 Å². The van der Waals surface area contributed by atoms with Crippen LogP contribution in [0.15, 0.2) is 42.5 Å². The lowest BCUT2D eigenvalue weighted by Gasteiger charge is -2.26. The van der Waals surface area contributed by atoms with E-state index in [4.69, 9.17) is 0 Å². The first-order valence-corrected chi connectivity index (χ1v) is 6.70. The molecule has 0 aliphatic heterocycles. The van der Waals surface area contributed by atoms with Crippen LogP contribution in [0, 0.1) is 18.6 Å². The van der Waals surface area contributed by atoms with Crippen molar-refractivity contribution in [3.05, 3.63) is 70.8 Å². The third-order valence-electron chi connectivity index (χ3n) is 3.68. The van der Waals surface area contributed by atoms with Gasteiger partial charge in [0.25, 0.3) is 5.91 Å². The van der Waals surface area contributed by atoms with Gasteiger partial charge < -0.3 is 4.90 Å². The van der Waals surface area contributed by atoms with Gasteiger partial charge in [-0.05, 0) is 31.5 Å². The van der Waals surface area contributed by atoms with Crippen LogP contribution in [0.2, 0.25) is 0 Å². The maximum absolute atomic E-state index is 14.0. The number of nitrogens with zero attached hydrogens (tertiary/aromatic N) is 1. The second-order valence-electron chi connectivity index (χ2n) is 5.05. The molecule has 0 radical (unpaired) electrons. The number of carbonyl (C=O) groups is 1. The van der Waals surface area contributed by atoms with Gasteiger partial charge in [-0.3, -0.25) is 4.79 Å². The number of halogens is 2. The Hall–Kier alpha value is -2.23. The highest BCUT2D eigenvalue weighted by molar-refractivity contribution is 5.94. The van der Waals surface area contributed by atoms with E-state index in [0.29, 0.717) is 11.1 Å². The summed E-state index contributed by atoms with van der Waals surface area (Å²) in [5, 5.41) is 0. The van der Waals surface area contributed by atoms with Gasteiger partial charge in [0.1, 0.15) is 11.6 Å². The van der Waals surface area contributed by atoms with Crippen molar-refractivity contribution in [3.8, 4) is 0 Å². The van der Waals surface area contributed by atoms with Crippen LogP contribution in [0.3, 0.4) is 0 Å². The quantitative estimate of drug-likeness (QED) is 0.833. The maximum Gasteiger partial charge on any atom is 0.257 e. The molecule has 2 aromatic carbocycles. The van der Waals surface area contributed by atoms with E-state index in [1.807, 2.05) is 0 Å². The Morgan fingerprint density at radius 1 is 1.10 bits per heavy atom. The molecule has 0 saturated heterocycles. The van der Waals surface area contributed by atoms with Crippen LogP contribution >= 0.6 is 0 Å². The second-order valence-corrected chi connectivity index (χ2v) is 5.05. The molecule has 0 spiro atoms. The number of rotatable bonds is 3. The lowest BCUT2D eigenvalue weighted by molar-refractivity contribution is 0.0735. The Kier molecular flexibility index (Phi) is 4.36. The van der Waals surface area contributed by atoms with E-state index in [1.54, 1.807) is 51.2 Å². The van der Waals surface area contributed by atoms with Crippen LogP contribution in [0.4, 0.5) is 8.78 Å². The molecule has 0 saturated carbocycles. The largest absolute Gasteiger partial charge is 0.335 e. The van der Waals surface area contributed by atoms with Gasteiger partial charge in [0.2, 0.25) is 0 Å². The van der Waals surface area contributed by atoms with Crippen LogP contribution in [0.5, 0.6) is 0 Å². The van der Waals surface area contributed by atoms with E-state index >= 15 is 0 Å². The van der Waals surface area contributed by atoms with Crippen molar-refractivity contribution >= 4 is 5.91 Å². The minimum Gasteiger partial charge on any atom is -0.335 e. The first-order chi connectivity index (χ1) is 9.93. The average molecular weight is 289 g/mol. The van der Waals surface area contributed by atoms with Crippen molar-refractivity contribution in [1.82, 2.24) is 4.90 Å². The summed E-state index contributed by atoms with van der Waals surface area (Å²) in [5.74, 6) is -1.38. The molecule has 1 atom stereocenters. The zero-order chi connectivity index (χ0) is 15.6. The zero-order valence-electron chi connectivity index (χ0n) is 12.2. The minimum atomic E-state index is -0.532. The Bertz CT molecular complexity index is 670. The molecule has 0 aliphatic carbocycles. The number of carbonyl (C=O) groups excluding carboxylic acids is 1. The first kappa shape index (κ1) is 15.2. The lowest BCUT2D eigenvalue weighted by atomic mass is 10.0. The van der Waals surface area contributed by atoms with Crippen molar-refractivity contribution in [3.63, 3.8) is 0 Å². The molecule has 0 aliphatic rings. The number of aryl methyl sites for hydroxylation is 1. The number of benzene rings is 2. The summed E-state index contributed by atoms with van der Waals surface area (Å²) in [5.41, 5.74) is 0.815. The first-order valence-electron chi connectivity index (χ1n) is 6.70. The van der Waals surface area contributed by atoms with E-state index in [1.165, 1.54) is 17.0 Å². The van der Waals surface area contributed by atoms with Crippen LogP contribution in [0.25, 0.3) is 0 Å². The fourth-order valence-corrected chi connectivity index (χ4v) is 2.20. The molecule has 0 N–H and O–H groups in total. The molecule has 0 fully saturated rings. The highest BCUT2D eigenvalue weighted by atomic mass is 19.1. The van der Waals surface area contributed by atoms with Crippen LogP contribution in [0.1, 0.15) is 34.5 Å². The van der Waals surface area contributed by atoms with Gasteiger partial charge in [-0.25, -0.2) is 8.78 Å². The summed E-state index contributed by atoms with van der Waals surface area (Å²) < 4.78 is 27.8. The van der Waals surface area contributed by atoms with Crippen LogP contribution < -0.4 is 0 Å². The van der Waals surface area contributed by atoms with Crippen LogP contribution in [-0.2, 0) is 0 Å².